The van der Waals surface area contributed by atoms with Crippen molar-refractivity contribution in [1.82, 2.24) is 0 Å². The lowest BCUT2D eigenvalue weighted by molar-refractivity contribution is -0.114. The van der Waals surface area contributed by atoms with Gasteiger partial charge in [-0.2, -0.15) is 0 Å². The summed E-state index contributed by atoms with van der Waals surface area (Å²) >= 11 is 1.36. The summed E-state index contributed by atoms with van der Waals surface area (Å²) in [5, 5.41) is 2.61. The number of hydrogen-bond donors (Lipinski definition) is 2. The van der Waals surface area contributed by atoms with Crippen molar-refractivity contribution >= 4 is 45.0 Å². The lowest BCUT2D eigenvalue weighted by Gasteiger charge is -2.16. The Morgan fingerprint density at radius 3 is 2.13 bits per heavy atom. The predicted octanol–water partition coefficient (Wildman–Crippen LogP) is 2.97. The van der Waals surface area contributed by atoms with E-state index in [-0.39, 0.29) is 33.6 Å². The average molecular weight is 455 g/mol. The van der Waals surface area contributed by atoms with Gasteiger partial charge in [0.25, 0.3) is 10.0 Å². The molecule has 0 aliphatic carbocycles. The summed E-state index contributed by atoms with van der Waals surface area (Å²) in [6.07, 6.45) is 1.80. The third-order valence-corrected chi connectivity index (χ3v) is 6.12. The lowest BCUT2D eigenvalue weighted by atomic mass is 10.1. The second-order valence-electron chi connectivity index (χ2n) is 5.89. The molecule has 0 atom stereocenters. The number of nitrogens with one attached hydrogen (secondary N) is 2. The van der Waals surface area contributed by atoms with Gasteiger partial charge in [-0.05, 0) is 24.5 Å². The van der Waals surface area contributed by atoms with E-state index in [2.05, 4.69) is 10.0 Å². The van der Waals surface area contributed by atoms with Crippen LogP contribution in [-0.4, -0.2) is 47.9 Å². The summed E-state index contributed by atoms with van der Waals surface area (Å²) in [5.74, 6) is -0.636. The number of benzene rings is 2. The van der Waals surface area contributed by atoms with Crippen molar-refractivity contribution in [1.29, 1.82) is 0 Å². The maximum atomic E-state index is 13.0. The van der Waals surface area contributed by atoms with Crippen molar-refractivity contribution in [3.05, 3.63) is 35.9 Å². The lowest BCUT2D eigenvalue weighted by Crippen LogP contribution is -2.17. The van der Waals surface area contributed by atoms with Gasteiger partial charge in [0, 0.05) is 24.0 Å². The first-order valence-electron chi connectivity index (χ1n) is 8.49. The molecule has 0 saturated carbocycles. The van der Waals surface area contributed by atoms with E-state index in [9.17, 15) is 18.0 Å². The highest BCUT2D eigenvalue weighted by Crippen LogP contribution is 2.35. The number of methoxy groups -OCH3 is 3. The van der Waals surface area contributed by atoms with Crippen molar-refractivity contribution in [2.24, 2.45) is 0 Å². The molecule has 0 heterocycles. The number of hydrogen-bond acceptors (Lipinski definition) is 8. The van der Waals surface area contributed by atoms with Crippen LogP contribution < -0.4 is 19.5 Å². The van der Waals surface area contributed by atoms with Gasteiger partial charge < -0.3 is 19.5 Å². The zero-order valence-corrected chi connectivity index (χ0v) is 18.7. The quantitative estimate of drug-likeness (QED) is 0.461. The molecule has 2 aromatic rings. The van der Waals surface area contributed by atoms with Crippen LogP contribution in [0.5, 0.6) is 11.5 Å². The molecule has 9 nitrogen and oxygen atoms in total. The summed E-state index contributed by atoms with van der Waals surface area (Å²) in [6, 6.07) is 6.97. The summed E-state index contributed by atoms with van der Waals surface area (Å²) in [4.78, 5) is 24.2. The van der Waals surface area contributed by atoms with Crippen LogP contribution in [0.3, 0.4) is 0 Å². The zero-order valence-electron chi connectivity index (χ0n) is 17.1. The molecule has 0 aliphatic rings. The van der Waals surface area contributed by atoms with Crippen molar-refractivity contribution in [3.8, 4) is 11.5 Å². The van der Waals surface area contributed by atoms with Crippen LogP contribution in [0.4, 0.5) is 11.4 Å². The van der Waals surface area contributed by atoms with E-state index in [0.717, 1.165) is 0 Å². The fourth-order valence-corrected chi connectivity index (χ4v) is 4.22. The van der Waals surface area contributed by atoms with Crippen LogP contribution in [0.2, 0.25) is 0 Å². The monoisotopic (exact) mass is 454 g/mol. The second-order valence-corrected chi connectivity index (χ2v) is 8.42. The maximum absolute atomic E-state index is 13.0. The van der Waals surface area contributed by atoms with Gasteiger partial charge in [0.1, 0.15) is 0 Å². The smallest absolute Gasteiger partial charge is 0.340 e. The van der Waals surface area contributed by atoms with Crippen LogP contribution in [-0.2, 0) is 19.6 Å². The second kappa shape index (κ2) is 9.72. The van der Waals surface area contributed by atoms with E-state index in [4.69, 9.17) is 14.2 Å². The van der Waals surface area contributed by atoms with Gasteiger partial charge in [0.05, 0.1) is 43.2 Å². The number of ether oxygens (including phenoxy) is 3. The van der Waals surface area contributed by atoms with Gasteiger partial charge in [0.15, 0.2) is 11.5 Å². The topological polar surface area (TPSA) is 120 Å². The van der Waals surface area contributed by atoms with Crippen LogP contribution in [0, 0.1) is 0 Å². The van der Waals surface area contributed by atoms with Crippen molar-refractivity contribution < 1.29 is 32.2 Å². The van der Waals surface area contributed by atoms with Gasteiger partial charge in [-0.3, -0.25) is 9.52 Å². The van der Waals surface area contributed by atoms with Crippen LogP contribution >= 0.6 is 11.8 Å². The van der Waals surface area contributed by atoms with Gasteiger partial charge in [0.2, 0.25) is 5.91 Å². The molecule has 162 valence electrons. The van der Waals surface area contributed by atoms with Gasteiger partial charge in [-0.25, -0.2) is 13.2 Å². The molecule has 0 bridgehead atoms. The van der Waals surface area contributed by atoms with Crippen LogP contribution in [0.25, 0.3) is 0 Å². The first-order chi connectivity index (χ1) is 14.2. The SMILES string of the molecule is COC(=O)c1cc(OC)c(OC)cc1NS(=O)(=O)c1ccc(SC)c(NC(C)=O)c1. The standard InChI is InChI=1S/C19H22N2O7S2/c1-11(22)20-15-8-12(6-7-18(15)29-5)30(24,25)21-14-10-17(27-3)16(26-2)9-13(14)19(23)28-4/h6-10,21H,1-5H3,(H,20,22). The number of amides is 1. The van der Waals surface area contributed by atoms with Crippen LogP contribution in [0.1, 0.15) is 17.3 Å². The summed E-state index contributed by atoms with van der Waals surface area (Å²) in [6.45, 7) is 1.33. The van der Waals surface area contributed by atoms with E-state index in [0.29, 0.717) is 10.6 Å². The number of carbonyl (C=O) groups is 2. The fraction of sp³-hybridized carbons (Fsp3) is 0.263. The summed E-state index contributed by atoms with van der Waals surface area (Å²) < 4.78 is 43.5. The van der Waals surface area contributed by atoms with E-state index >= 15 is 0 Å². The molecular weight excluding hydrogens is 432 g/mol. The summed E-state index contributed by atoms with van der Waals surface area (Å²) in [7, 11) is -0.169. The van der Waals surface area contributed by atoms with Gasteiger partial charge >= 0.3 is 5.97 Å². The number of sulfonamides is 1. The third kappa shape index (κ3) is 5.16. The molecule has 2 rings (SSSR count). The highest BCUT2D eigenvalue weighted by molar-refractivity contribution is 7.98. The molecule has 0 radical (unpaired) electrons. The third-order valence-electron chi connectivity index (χ3n) is 3.97. The van der Waals surface area contributed by atoms with Crippen molar-refractivity contribution in [2.75, 3.05) is 37.6 Å². The van der Waals surface area contributed by atoms with E-state index in [1.54, 1.807) is 12.3 Å². The molecule has 2 aromatic carbocycles. The van der Waals surface area contributed by atoms with Crippen molar-refractivity contribution in [2.45, 2.75) is 16.7 Å². The summed E-state index contributed by atoms with van der Waals surface area (Å²) in [5.41, 5.74) is 0.259. The molecule has 0 fully saturated rings. The molecule has 0 aliphatic heterocycles. The highest BCUT2D eigenvalue weighted by Gasteiger charge is 2.23. The minimum atomic E-state index is -4.12. The van der Waals surface area contributed by atoms with E-state index in [1.165, 1.54) is 64.3 Å². The fourth-order valence-electron chi connectivity index (χ4n) is 2.59. The Morgan fingerprint density at radius 1 is 0.967 bits per heavy atom. The Kier molecular flexibility index (Phi) is 7.57. The number of rotatable bonds is 8. The average Bonchev–Trinajstić information content (AvgIpc) is 2.72. The Labute approximate surface area is 179 Å². The largest absolute Gasteiger partial charge is 0.493 e. The molecule has 0 unspecified atom stereocenters. The molecular formula is C19H22N2O7S2. The number of anilines is 2. The minimum absolute atomic E-state index is 0.0467. The first-order valence-corrected chi connectivity index (χ1v) is 11.2. The number of carbonyl (C=O) groups excluding carboxylic acids is 2. The van der Waals surface area contributed by atoms with Crippen molar-refractivity contribution in [3.63, 3.8) is 0 Å². The van der Waals surface area contributed by atoms with Gasteiger partial charge in [-0.15, -0.1) is 11.8 Å². The molecule has 30 heavy (non-hydrogen) atoms. The Bertz CT molecular complexity index is 1070. The van der Waals surface area contributed by atoms with E-state index in [1.807, 2.05) is 0 Å². The normalized spacial score (nSPS) is 10.8. The predicted molar refractivity (Wildman–Crippen MR) is 114 cm³/mol. The Balaban J connectivity index is 2.55. The molecule has 1 amide bonds. The maximum Gasteiger partial charge on any atom is 0.340 e. The van der Waals surface area contributed by atoms with Gasteiger partial charge in [-0.1, -0.05) is 0 Å². The molecule has 0 aromatic heterocycles. The van der Waals surface area contributed by atoms with E-state index < -0.39 is 16.0 Å². The Morgan fingerprint density at radius 2 is 1.60 bits per heavy atom. The Hall–Kier alpha value is -2.92. The molecule has 11 heteroatoms. The number of thioether (sulfide) groups is 1. The highest BCUT2D eigenvalue weighted by atomic mass is 32.2. The first kappa shape index (κ1) is 23.4. The molecule has 2 N–H and O–H groups in total. The minimum Gasteiger partial charge on any atom is -0.493 e. The number of esters is 1. The zero-order chi connectivity index (χ0) is 22.5. The van der Waals surface area contributed by atoms with Crippen LogP contribution in [0.15, 0.2) is 40.1 Å². The molecule has 0 spiro atoms. The molecule has 0 saturated heterocycles.